The molecule has 2 aromatic heterocycles. The first kappa shape index (κ1) is 16.7. The Morgan fingerprint density at radius 1 is 1.46 bits per heavy atom. The third kappa shape index (κ3) is 4.01. The van der Waals surface area contributed by atoms with Crippen LogP contribution in [-0.4, -0.2) is 64.6 Å². The molecule has 0 aliphatic carbocycles. The Kier molecular flexibility index (Phi) is 4.96. The van der Waals surface area contributed by atoms with Crippen molar-refractivity contribution in [1.29, 1.82) is 0 Å². The quantitative estimate of drug-likeness (QED) is 0.732. The Morgan fingerprint density at radius 3 is 3.08 bits per heavy atom. The number of amides is 1. The molecule has 1 unspecified atom stereocenters. The van der Waals surface area contributed by atoms with Crippen molar-refractivity contribution in [3.63, 3.8) is 0 Å². The number of aromatic amines is 2. The van der Waals surface area contributed by atoms with Gasteiger partial charge in [-0.05, 0) is 18.1 Å². The highest BCUT2D eigenvalue weighted by atomic mass is 16.5. The van der Waals surface area contributed by atoms with E-state index in [0.717, 1.165) is 19.6 Å². The molecule has 0 spiro atoms. The molecule has 1 fully saturated rings. The lowest BCUT2D eigenvalue weighted by atomic mass is 10.2. The van der Waals surface area contributed by atoms with Gasteiger partial charge in [0.05, 0.1) is 18.2 Å². The van der Waals surface area contributed by atoms with Crippen LogP contribution >= 0.6 is 0 Å². The molecule has 1 aliphatic heterocycles. The summed E-state index contributed by atoms with van der Waals surface area (Å²) in [4.78, 5) is 35.2. The molecule has 3 heterocycles. The van der Waals surface area contributed by atoms with Crippen LogP contribution in [0.4, 0.5) is 0 Å². The van der Waals surface area contributed by atoms with Gasteiger partial charge in [-0.1, -0.05) is 13.8 Å². The normalized spacial score (nSPS) is 19.0. The summed E-state index contributed by atoms with van der Waals surface area (Å²) in [6.07, 6.45) is -0.0164. The predicted octanol–water partition coefficient (Wildman–Crippen LogP) is 0.338. The van der Waals surface area contributed by atoms with Gasteiger partial charge in [0.1, 0.15) is 5.69 Å². The molecule has 1 amide bonds. The van der Waals surface area contributed by atoms with Crippen LogP contribution in [0.3, 0.4) is 0 Å². The van der Waals surface area contributed by atoms with E-state index < -0.39 is 0 Å². The third-order valence-corrected chi connectivity index (χ3v) is 3.94. The second-order valence-corrected chi connectivity index (χ2v) is 6.53. The van der Waals surface area contributed by atoms with Crippen molar-refractivity contribution < 1.29 is 9.53 Å². The molecule has 2 aromatic rings. The maximum atomic E-state index is 12.3. The van der Waals surface area contributed by atoms with Crippen molar-refractivity contribution in [2.45, 2.75) is 20.0 Å². The number of H-pyrrole nitrogens is 2. The molecule has 3 N–H and O–H groups in total. The van der Waals surface area contributed by atoms with E-state index >= 15 is 0 Å². The van der Waals surface area contributed by atoms with Gasteiger partial charge in [0.15, 0.2) is 5.65 Å². The van der Waals surface area contributed by atoms with E-state index in [9.17, 15) is 9.59 Å². The van der Waals surface area contributed by atoms with E-state index in [1.807, 2.05) is 0 Å². The predicted molar refractivity (Wildman–Crippen MR) is 90.1 cm³/mol. The number of rotatable bonds is 5. The fourth-order valence-corrected chi connectivity index (χ4v) is 2.93. The molecule has 8 nitrogen and oxygen atoms in total. The molecule has 24 heavy (non-hydrogen) atoms. The van der Waals surface area contributed by atoms with E-state index in [0.29, 0.717) is 30.2 Å². The van der Waals surface area contributed by atoms with Crippen molar-refractivity contribution in [1.82, 2.24) is 25.2 Å². The van der Waals surface area contributed by atoms with Gasteiger partial charge in [-0.15, -0.1) is 0 Å². The summed E-state index contributed by atoms with van der Waals surface area (Å²) in [6.45, 7) is 8.29. The van der Waals surface area contributed by atoms with Crippen molar-refractivity contribution in [3.05, 3.63) is 28.3 Å². The maximum absolute atomic E-state index is 12.3. The zero-order valence-electron chi connectivity index (χ0n) is 14.0. The van der Waals surface area contributed by atoms with Crippen LogP contribution in [-0.2, 0) is 4.74 Å². The van der Waals surface area contributed by atoms with Crippen LogP contribution < -0.4 is 11.0 Å². The zero-order valence-corrected chi connectivity index (χ0v) is 14.0. The van der Waals surface area contributed by atoms with Crippen molar-refractivity contribution in [3.8, 4) is 0 Å². The lowest BCUT2D eigenvalue weighted by Crippen LogP contribution is -2.48. The van der Waals surface area contributed by atoms with Gasteiger partial charge >= 0.3 is 5.69 Å². The topological polar surface area (TPSA) is 103 Å². The summed E-state index contributed by atoms with van der Waals surface area (Å²) in [7, 11) is 0. The fraction of sp³-hybridized carbons (Fsp3) is 0.562. The van der Waals surface area contributed by atoms with Gasteiger partial charge in [-0.2, -0.15) is 0 Å². The smallest absolute Gasteiger partial charge is 0.325 e. The number of nitrogens with one attached hydrogen (secondary N) is 3. The van der Waals surface area contributed by atoms with E-state index in [4.69, 9.17) is 4.74 Å². The summed E-state index contributed by atoms with van der Waals surface area (Å²) in [5, 5.41) is 2.86. The Morgan fingerprint density at radius 2 is 2.29 bits per heavy atom. The van der Waals surface area contributed by atoms with Crippen LogP contribution in [0.2, 0.25) is 0 Å². The number of pyridine rings is 1. The summed E-state index contributed by atoms with van der Waals surface area (Å²) < 4.78 is 5.72. The molecule has 0 saturated carbocycles. The molecular weight excluding hydrogens is 310 g/mol. The highest BCUT2D eigenvalue weighted by molar-refractivity contribution is 5.93. The molecule has 0 aromatic carbocycles. The summed E-state index contributed by atoms with van der Waals surface area (Å²) in [5.74, 6) is 0.335. The SMILES string of the molecule is CC(C)CN1CCOC(CNC(=O)c2ccc3[nH]c(=O)[nH]c3n2)C1. The third-order valence-electron chi connectivity index (χ3n) is 3.94. The molecule has 8 heteroatoms. The maximum Gasteiger partial charge on any atom is 0.325 e. The number of imidazole rings is 1. The lowest BCUT2D eigenvalue weighted by molar-refractivity contribution is -0.0295. The number of ether oxygens (including phenoxy) is 1. The molecule has 1 atom stereocenters. The van der Waals surface area contributed by atoms with Gasteiger partial charge in [0.25, 0.3) is 5.91 Å². The van der Waals surface area contributed by atoms with Crippen LogP contribution in [0.25, 0.3) is 11.2 Å². The first-order valence-electron chi connectivity index (χ1n) is 8.22. The number of nitrogens with zero attached hydrogens (tertiary/aromatic N) is 2. The summed E-state index contributed by atoms with van der Waals surface area (Å²) >= 11 is 0. The number of carbonyl (C=O) groups excluding carboxylic acids is 1. The van der Waals surface area contributed by atoms with Crippen molar-refractivity contribution >= 4 is 17.1 Å². The number of hydrogen-bond donors (Lipinski definition) is 3. The monoisotopic (exact) mass is 333 g/mol. The zero-order chi connectivity index (χ0) is 17.1. The van der Waals surface area contributed by atoms with Crippen LogP contribution in [0.5, 0.6) is 0 Å². The summed E-state index contributed by atoms with van der Waals surface area (Å²) in [5.41, 5.74) is 0.893. The lowest BCUT2D eigenvalue weighted by Gasteiger charge is -2.33. The number of fused-ring (bicyclic) bond motifs is 1. The molecule has 1 saturated heterocycles. The van der Waals surface area contributed by atoms with Gasteiger partial charge < -0.3 is 15.0 Å². The Bertz CT molecular complexity index is 766. The van der Waals surface area contributed by atoms with Gasteiger partial charge in [0.2, 0.25) is 0 Å². The first-order chi connectivity index (χ1) is 11.5. The van der Waals surface area contributed by atoms with Crippen molar-refractivity contribution in [2.75, 3.05) is 32.8 Å². The minimum Gasteiger partial charge on any atom is -0.374 e. The number of hydrogen-bond acceptors (Lipinski definition) is 5. The van der Waals surface area contributed by atoms with Crippen LogP contribution in [0, 0.1) is 5.92 Å². The highest BCUT2D eigenvalue weighted by Gasteiger charge is 2.21. The average molecular weight is 333 g/mol. The Hall–Kier alpha value is -2.19. The minimum atomic E-state index is -0.337. The van der Waals surface area contributed by atoms with Gasteiger partial charge in [0, 0.05) is 26.2 Å². The molecule has 1 aliphatic rings. The minimum absolute atomic E-state index is 0.0164. The van der Waals surface area contributed by atoms with Crippen LogP contribution in [0.15, 0.2) is 16.9 Å². The number of carbonyl (C=O) groups is 1. The standard InChI is InChI=1S/C16H23N5O3/c1-10(2)8-21-5-6-24-11(9-21)7-17-15(22)13-4-3-12-14(18-13)20-16(23)19-12/h3-4,10-11H,5-9H2,1-2H3,(H,17,22)(H2,18,19,20,23). The highest BCUT2D eigenvalue weighted by Crippen LogP contribution is 2.08. The van der Waals surface area contributed by atoms with Gasteiger partial charge in [-0.25, -0.2) is 9.78 Å². The van der Waals surface area contributed by atoms with Gasteiger partial charge in [-0.3, -0.25) is 14.7 Å². The first-order valence-corrected chi connectivity index (χ1v) is 8.22. The molecule has 0 radical (unpaired) electrons. The number of morpholine rings is 1. The van der Waals surface area contributed by atoms with E-state index in [2.05, 4.69) is 39.0 Å². The van der Waals surface area contributed by atoms with Crippen LogP contribution in [0.1, 0.15) is 24.3 Å². The molecule has 0 bridgehead atoms. The van der Waals surface area contributed by atoms with E-state index in [1.54, 1.807) is 12.1 Å². The second-order valence-electron chi connectivity index (χ2n) is 6.53. The second kappa shape index (κ2) is 7.14. The molecule has 130 valence electrons. The van der Waals surface area contributed by atoms with E-state index in [1.165, 1.54) is 0 Å². The van der Waals surface area contributed by atoms with Crippen molar-refractivity contribution in [2.24, 2.45) is 5.92 Å². The average Bonchev–Trinajstić information content (AvgIpc) is 2.91. The largest absolute Gasteiger partial charge is 0.374 e. The van der Waals surface area contributed by atoms with E-state index in [-0.39, 0.29) is 23.4 Å². The number of aromatic nitrogens is 3. The fourth-order valence-electron chi connectivity index (χ4n) is 2.93. The molecular formula is C16H23N5O3. The summed E-state index contributed by atoms with van der Waals surface area (Å²) in [6, 6.07) is 3.25. The molecule has 3 rings (SSSR count). The Labute approximate surface area is 139 Å². The Balaban J connectivity index is 1.57.